The van der Waals surface area contributed by atoms with Gasteiger partial charge in [0.15, 0.2) is 0 Å². The average molecular weight is 935 g/mol. The SMILES string of the molecule is CCCCCCC(CCCC)COc1cc2c[c]([Sn]([CH3])([CH3])[CH3])sc2c2c(OCC(CCCC)CCCCCC)cc3c[c]([Sn]([CH3])([CH3])[CH3])sc3c12. The van der Waals surface area contributed by atoms with Crippen LogP contribution in [0.15, 0.2) is 24.3 Å². The molecule has 2 unspecified atom stereocenters. The van der Waals surface area contributed by atoms with E-state index in [1.165, 1.54) is 134 Å². The molecule has 4 rings (SSSR count). The van der Waals surface area contributed by atoms with Crippen LogP contribution in [0.2, 0.25) is 29.6 Å². The number of rotatable bonds is 24. The third-order valence-corrected chi connectivity index (χ3v) is 31.8. The Labute approximate surface area is 323 Å². The zero-order chi connectivity index (χ0) is 36.3. The second kappa shape index (κ2) is 20.5. The first-order valence-corrected chi connectivity index (χ1v) is 42.3. The number of unbranched alkanes of at least 4 members (excludes halogenated alkanes) is 8. The summed E-state index contributed by atoms with van der Waals surface area (Å²) in [7, 11) is 0. The van der Waals surface area contributed by atoms with Crippen LogP contribution in [0.4, 0.5) is 0 Å². The third-order valence-electron chi connectivity index (χ3n) is 10.6. The van der Waals surface area contributed by atoms with E-state index in [1.54, 1.807) is 5.79 Å². The van der Waals surface area contributed by atoms with Crippen LogP contribution in [0, 0.1) is 11.8 Å². The first-order chi connectivity index (χ1) is 23.9. The monoisotopic (exact) mass is 936 g/mol. The third kappa shape index (κ3) is 11.9. The zero-order valence-corrected chi connectivity index (χ0v) is 41.2. The molecule has 2 nitrogen and oxygen atoms in total. The van der Waals surface area contributed by atoms with E-state index >= 15 is 0 Å². The first-order valence-electron chi connectivity index (χ1n) is 20.6. The molecule has 0 aliphatic heterocycles. The second-order valence-electron chi connectivity index (χ2n) is 17.4. The van der Waals surface area contributed by atoms with Gasteiger partial charge in [0, 0.05) is 0 Å². The fourth-order valence-electron chi connectivity index (χ4n) is 7.25. The fraction of sp³-hybridized carbons (Fsp3) is 0.682. The summed E-state index contributed by atoms with van der Waals surface area (Å²) in [4.78, 5) is 15.4. The van der Waals surface area contributed by atoms with Gasteiger partial charge in [-0.15, -0.1) is 0 Å². The van der Waals surface area contributed by atoms with E-state index < -0.39 is 36.8 Å². The molecule has 0 aliphatic carbocycles. The summed E-state index contributed by atoms with van der Waals surface area (Å²) in [6.07, 6.45) is 20.8. The van der Waals surface area contributed by atoms with Gasteiger partial charge in [0.25, 0.3) is 0 Å². The van der Waals surface area contributed by atoms with Crippen molar-refractivity contribution < 1.29 is 9.47 Å². The molecule has 0 N–H and O–H groups in total. The number of thiophene rings is 2. The van der Waals surface area contributed by atoms with Gasteiger partial charge in [0.1, 0.15) is 0 Å². The molecule has 280 valence electrons. The molecular weight excluding hydrogens is 862 g/mol. The van der Waals surface area contributed by atoms with Gasteiger partial charge in [-0.2, -0.15) is 0 Å². The van der Waals surface area contributed by atoms with E-state index in [0.717, 1.165) is 24.7 Å². The predicted molar refractivity (Wildman–Crippen MR) is 235 cm³/mol. The molecule has 50 heavy (non-hydrogen) atoms. The normalized spacial score (nSPS) is 13.9. The quantitative estimate of drug-likeness (QED) is 0.0515. The van der Waals surface area contributed by atoms with Crippen molar-refractivity contribution in [3.05, 3.63) is 24.3 Å². The molecule has 2 aromatic carbocycles. The molecule has 2 aromatic heterocycles. The Balaban J connectivity index is 1.86. The van der Waals surface area contributed by atoms with Crippen molar-refractivity contribution in [1.82, 2.24) is 0 Å². The Bertz CT molecular complexity index is 1490. The Kier molecular flexibility index (Phi) is 17.4. The van der Waals surface area contributed by atoms with Gasteiger partial charge >= 0.3 is 300 Å². The molecule has 0 radical (unpaired) electrons. The van der Waals surface area contributed by atoms with Gasteiger partial charge < -0.3 is 0 Å². The Hall–Kier alpha value is -0.183. The summed E-state index contributed by atoms with van der Waals surface area (Å²) < 4.78 is 20.4. The molecule has 0 amide bonds. The Morgan fingerprint density at radius 2 is 0.840 bits per heavy atom. The van der Waals surface area contributed by atoms with E-state index in [1.807, 2.05) is 0 Å². The van der Waals surface area contributed by atoms with Crippen molar-refractivity contribution in [2.45, 2.75) is 160 Å². The first kappa shape index (κ1) is 42.6. The zero-order valence-electron chi connectivity index (χ0n) is 33.8. The fourth-order valence-corrected chi connectivity index (χ4v) is 20.1. The van der Waals surface area contributed by atoms with E-state index in [-0.39, 0.29) is 0 Å². The molecule has 0 saturated heterocycles. The number of benzene rings is 2. The topological polar surface area (TPSA) is 18.5 Å². The molecule has 0 fully saturated rings. The molecule has 0 saturated carbocycles. The Morgan fingerprint density at radius 1 is 0.480 bits per heavy atom. The van der Waals surface area contributed by atoms with E-state index in [9.17, 15) is 0 Å². The molecule has 0 bridgehead atoms. The molecule has 2 heterocycles. The minimum absolute atomic E-state index is 0.619. The maximum absolute atomic E-state index is 7.14. The summed E-state index contributed by atoms with van der Waals surface area (Å²) in [6.45, 7) is 10.9. The number of fused-ring (bicyclic) bond motifs is 5. The maximum atomic E-state index is 7.14. The van der Waals surface area contributed by atoms with Crippen molar-refractivity contribution in [2.24, 2.45) is 11.8 Å². The standard InChI is InChI=1S/C38H54O2S2.6CH3.2Sn/c1-5-9-13-15-19-29(17-11-7-3)27-39-33-25-31-21-23-42-38(31)36-34(26-32-22-24-41-37(32)35(33)36)40-28-30(18-12-8-4)20-16-14-10-6-2;;;;;;;;/h21-22,25-26,29-30H,5-20,27-28H2,1-4H3;6*1H3;;. The summed E-state index contributed by atoms with van der Waals surface area (Å²) in [6, 6.07) is 9.95. The van der Waals surface area contributed by atoms with Crippen LogP contribution >= 0.6 is 22.7 Å². The average Bonchev–Trinajstić information content (AvgIpc) is 3.71. The van der Waals surface area contributed by atoms with Crippen molar-refractivity contribution in [2.75, 3.05) is 13.2 Å². The van der Waals surface area contributed by atoms with Crippen molar-refractivity contribution in [3.63, 3.8) is 0 Å². The van der Waals surface area contributed by atoms with Gasteiger partial charge in [-0.1, -0.05) is 26.7 Å². The summed E-state index contributed by atoms with van der Waals surface area (Å²) >= 11 is -0.520. The van der Waals surface area contributed by atoms with E-state index in [2.05, 4.69) is 104 Å². The van der Waals surface area contributed by atoms with Crippen LogP contribution in [0.5, 0.6) is 11.5 Å². The van der Waals surface area contributed by atoms with E-state index in [4.69, 9.17) is 9.47 Å². The second-order valence-corrected chi connectivity index (χ2v) is 50.3. The molecule has 0 spiro atoms. The minimum atomic E-state index is -2.33. The van der Waals surface area contributed by atoms with E-state index in [0.29, 0.717) is 11.8 Å². The van der Waals surface area contributed by atoms with Crippen molar-refractivity contribution in [3.8, 4) is 11.5 Å². The van der Waals surface area contributed by atoms with Gasteiger partial charge in [-0.3, -0.25) is 0 Å². The molecule has 0 aliphatic rings. The molecule has 6 heteroatoms. The number of hydrogen-bond acceptors (Lipinski definition) is 4. The molecule has 2 atom stereocenters. The summed E-state index contributed by atoms with van der Waals surface area (Å²) in [5.74, 6) is 3.44. The van der Waals surface area contributed by atoms with Crippen LogP contribution in [0.3, 0.4) is 0 Å². The molecular formula is C44H72O2S2Sn2. The van der Waals surface area contributed by atoms with Crippen molar-refractivity contribution in [1.29, 1.82) is 0 Å². The number of hydrogen-bond donors (Lipinski definition) is 0. The summed E-state index contributed by atoms with van der Waals surface area (Å²) in [5.41, 5.74) is 0. The van der Waals surface area contributed by atoms with Crippen LogP contribution in [-0.2, 0) is 0 Å². The summed E-state index contributed by atoms with van der Waals surface area (Å²) in [5, 5.41) is 5.40. The number of ether oxygens (including phenoxy) is 2. The van der Waals surface area contributed by atoms with Gasteiger partial charge in [-0.25, -0.2) is 0 Å². The molecule has 4 aromatic rings. The Morgan fingerprint density at radius 3 is 1.18 bits per heavy atom. The van der Waals surface area contributed by atoms with Gasteiger partial charge in [0.2, 0.25) is 0 Å². The van der Waals surface area contributed by atoms with Gasteiger partial charge in [0.05, 0.1) is 0 Å². The predicted octanol–water partition coefficient (Wildman–Crippen LogP) is 14.7. The van der Waals surface area contributed by atoms with Crippen LogP contribution in [0.25, 0.3) is 30.9 Å². The van der Waals surface area contributed by atoms with Crippen LogP contribution < -0.4 is 15.3 Å². The van der Waals surface area contributed by atoms with Crippen LogP contribution in [0.1, 0.15) is 130 Å². The van der Waals surface area contributed by atoms with Crippen LogP contribution in [-0.4, -0.2) is 50.0 Å². The van der Waals surface area contributed by atoms with Crippen molar-refractivity contribution >= 4 is 96.2 Å². The van der Waals surface area contributed by atoms with Gasteiger partial charge in [-0.05, 0) is 0 Å².